The van der Waals surface area contributed by atoms with Gasteiger partial charge in [0.25, 0.3) is 0 Å². The molecule has 0 radical (unpaired) electrons. The summed E-state index contributed by atoms with van der Waals surface area (Å²) in [7, 11) is 0. The van der Waals surface area contributed by atoms with Gasteiger partial charge in [-0.15, -0.1) is 0 Å². The lowest BCUT2D eigenvalue weighted by atomic mass is 10.1. The summed E-state index contributed by atoms with van der Waals surface area (Å²) in [6.07, 6.45) is 1.58. The van der Waals surface area contributed by atoms with Gasteiger partial charge >= 0.3 is 5.97 Å². The molecule has 96 valence electrons. The number of hydrogen-bond donors (Lipinski definition) is 3. The highest BCUT2D eigenvalue weighted by Crippen LogP contribution is 1.99. The van der Waals surface area contributed by atoms with Crippen LogP contribution in [0.1, 0.15) is 27.7 Å². The van der Waals surface area contributed by atoms with Crippen molar-refractivity contribution in [1.29, 1.82) is 0 Å². The summed E-state index contributed by atoms with van der Waals surface area (Å²) in [6.45, 7) is 6.99. The van der Waals surface area contributed by atoms with Gasteiger partial charge < -0.3 is 15.7 Å². The van der Waals surface area contributed by atoms with Crippen LogP contribution in [0, 0.1) is 0 Å². The molecule has 0 saturated heterocycles. The number of amides is 2. The van der Waals surface area contributed by atoms with Crippen LogP contribution in [-0.2, 0) is 14.4 Å². The first-order valence-electron chi connectivity index (χ1n) is 5.15. The summed E-state index contributed by atoms with van der Waals surface area (Å²) in [5, 5.41) is 13.4. The molecule has 2 amide bonds. The minimum atomic E-state index is -1.22. The van der Waals surface area contributed by atoms with Gasteiger partial charge in [-0.3, -0.25) is 9.59 Å². The molecule has 1 unspecified atom stereocenters. The summed E-state index contributed by atoms with van der Waals surface area (Å²) in [5.41, 5.74) is -0.382. The monoisotopic (exact) mass is 242 g/mol. The minimum absolute atomic E-state index is 0.324. The van der Waals surface area contributed by atoms with Crippen LogP contribution in [0.4, 0.5) is 0 Å². The van der Waals surface area contributed by atoms with Gasteiger partial charge in [0.1, 0.15) is 6.04 Å². The summed E-state index contributed by atoms with van der Waals surface area (Å²) in [6, 6.07) is -0.722. The number of hydrogen-bond acceptors (Lipinski definition) is 3. The molecule has 0 heterocycles. The summed E-state index contributed by atoms with van der Waals surface area (Å²) in [4.78, 5) is 32.9. The number of rotatable bonds is 4. The molecule has 0 spiro atoms. The van der Waals surface area contributed by atoms with E-state index in [1.807, 2.05) is 20.8 Å². The fourth-order valence-electron chi connectivity index (χ4n) is 0.952. The Morgan fingerprint density at radius 1 is 1.18 bits per heavy atom. The van der Waals surface area contributed by atoms with E-state index in [2.05, 4.69) is 10.6 Å². The number of carboxylic acid groups (broad SMARTS) is 1. The van der Waals surface area contributed by atoms with Gasteiger partial charge in [0.15, 0.2) is 0 Å². The molecule has 17 heavy (non-hydrogen) atoms. The third-order valence-corrected chi connectivity index (χ3v) is 1.63. The van der Waals surface area contributed by atoms with Gasteiger partial charge in [-0.2, -0.15) is 0 Å². The summed E-state index contributed by atoms with van der Waals surface area (Å²) < 4.78 is 0. The molecule has 6 nitrogen and oxygen atoms in total. The van der Waals surface area contributed by atoms with Gasteiger partial charge in [-0.05, 0) is 27.7 Å². The van der Waals surface area contributed by atoms with Crippen molar-refractivity contribution in [1.82, 2.24) is 10.6 Å². The zero-order valence-electron chi connectivity index (χ0n) is 10.4. The average Bonchev–Trinajstić information content (AvgIpc) is 2.11. The highest BCUT2D eigenvalue weighted by molar-refractivity contribution is 5.96. The second-order valence-electron chi connectivity index (χ2n) is 4.64. The third kappa shape index (κ3) is 8.01. The van der Waals surface area contributed by atoms with Crippen molar-refractivity contribution in [2.45, 2.75) is 39.3 Å². The number of nitrogens with one attached hydrogen (secondary N) is 2. The molecule has 0 aromatic heterocycles. The van der Waals surface area contributed by atoms with Gasteiger partial charge in [-0.25, -0.2) is 4.79 Å². The highest BCUT2D eigenvalue weighted by atomic mass is 16.4. The maximum Gasteiger partial charge on any atom is 0.328 e. The molecule has 0 aliphatic rings. The van der Waals surface area contributed by atoms with Gasteiger partial charge in [0.2, 0.25) is 11.8 Å². The lowest BCUT2D eigenvalue weighted by molar-refractivity contribution is -0.131. The van der Waals surface area contributed by atoms with E-state index in [4.69, 9.17) is 5.11 Å². The Bertz CT molecular complexity index is 342. The first-order valence-corrected chi connectivity index (χ1v) is 5.15. The second kappa shape index (κ2) is 6.03. The molecule has 0 rings (SSSR count). The van der Waals surface area contributed by atoms with E-state index in [0.717, 1.165) is 6.08 Å². The van der Waals surface area contributed by atoms with E-state index in [-0.39, 0.29) is 11.4 Å². The molecule has 0 aliphatic heterocycles. The Labute approximate surface area is 100 Å². The van der Waals surface area contributed by atoms with Crippen LogP contribution in [0.25, 0.3) is 0 Å². The largest absolute Gasteiger partial charge is 0.478 e. The fourth-order valence-corrected chi connectivity index (χ4v) is 0.952. The van der Waals surface area contributed by atoms with E-state index in [9.17, 15) is 14.4 Å². The van der Waals surface area contributed by atoms with Crippen LogP contribution < -0.4 is 10.6 Å². The van der Waals surface area contributed by atoms with Crippen molar-refractivity contribution in [3.63, 3.8) is 0 Å². The second-order valence-corrected chi connectivity index (χ2v) is 4.64. The lowest BCUT2D eigenvalue weighted by Crippen LogP contribution is -2.50. The molecule has 0 aromatic rings. The number of aliphatic carboxylic acids is 1. The molecule has 6 heteroatoms. The zero-order chi connectivity index (χ0) is 13.6. The van der Waals surface area contributed by atoms with Gasteiger partial charge in [-0.1, -0.05) is 0 Å². The van der Waals surface area contributed by atoms with Crippen LogP contribution in [-0.4, -0.2) is 34.5 Å². The molecular weight excluding hydrogens is 224 g/mol. The van der Waals surface area contributed by atoms with E-state index < -0.39 is 17.9 Å². The van der Waals surface area contributed by atoms with Crippen molar-refractivity contribution in [3.8, 4) is 0 Å². The van der Waals surface area contributed by atoms with Crippen molar-refractivity contribution in [2.75, 3.05) is 0 Å². The van der Waals surface area contributed by atoms with Crippen LogP contribution in [0.5, 0.6) is 0 Å². The molecular formula is C11H18N2O4. The first kappa shape index (κ1) is 15.2. The Morgan fingerprint density at radius 2 is 1.71 bits per heavy atom. The predicted octanol–water partition coefficient (Wildman–Crippen LogP) is 0.0466. The van der Waals surface area contributed by atoms with E-state index >= 15 is 0 Å². The smallest absolute Gasteiger partial charge is 0.328 e. The van der Waals surface area contributed by atoms with Crippen LogP contribution >= 0.6 is 0 Å². The van der Waals surface area contributed by atoms with E-state index in [1.165, 1.54) is 6.92 Å². The normalized spacial score (nSPS) is 13.2. The van der Waals surface area contributed by atoms with Crippen LogP contribution in [0.3, 0.4) is 0 Å². The van der Waals surface area contributed by atoms with Crippen molar-refractivity contribution < 1.29 is 19.5 Å². The van der Waals surface area contributed by atoms with Gasteiger partial charge in [0, 0.05) is 17.7 Å². The fraction of sp³-hybridized carbons (Fsp3) is 0.545. The van der Waals surface area contributed by atoms with Crippen molar-refractivity contribution in [2.24, 2.45) is 0 Å². The highest BCUT2D eigenvalue weighted by Gasteiger charge is 2.19. The average molecular weight is 242 g/mol. The Kier molecular flexibility index (Phi) is 5.37. The Balaban J connectivity index is 4.26. The quantitative estimate of drug-likeness (QED) is 0.607. The first-order chi connectivity index (χ1) is 7.61. The molecule has 0 bridgehead atoms. The Morgan fingerprint density at radius 3 is 2.12 bits per heavy atom. The maximum absolute atomic E-state index is 11.6. The topological polar surface area (TPSA) is 95.5 Å². The molecule has 0 saturated carbocycles. The van der Waals surface area contributed by atoms with Gasteiger partial charge in [0.05, 0.1) is 0 Å². The van der Waals surface area contributed by atoms with E-state index in [1.54, 1.807) is 0 Å². The molecule has 0 fully saturated rings. The summed E-state index contributed by atoms with van der Waals surface area (Å²) >= 11 is 0. The number of carbonyl (C=O) groups is 3. The summed E-state index contributed by atoms with van der Waals surface area (Å²) in [5.74, 6) is -2.16. The standard InChI is InChI=1S/C11H18N2O4/c1-7(10(17)13-11(2,3)4)12-8(14)5-6-9(15)16/h5-7H,1-4H3,(H,12,14)(H,13,17)(H,15,16)/b6-5+. The van der Waals surface area contributed by atoms with Crippen molar-refractivity contribution >= 4 is 17.8 Å². The maximum atomic E-state index is 11.6. The molecule has 0 aliphatic carbocycles. The lowest BCUT2D eigenvalue weighted by Gasteiger charge is -2.23. The van der Waals surface area contributed by atoms with E-state index in [0.29, 0.717) is 6.08 Å². The van der Waals surface area contributed by atoms with Crippen LogP contribution in [0.15, 0.2) is 12.2 Å². The SMILES string of the molecule is CC(NC(=O)/C=C/C(=O)O)C(=O)NC(C)(C)C. The number of carbonyl (C=O) groups excluding carboxylic acids is 2. The van der Waals surface area contributed by atoms with Crippen LogP contribution in [0.2, 0.25) is 0 Å². The predicted molar refractivity (Wildman–Crippen MR) is 62.3 cm³/mol. The Hall–Kier alpha value is -1.85. The van der Waals surface area contributed by atoms with Crippen molar-refractivity contribution in [3.05, 3.63) is 12.2 Å². The molecule has 1 atom stereocenters. The zero-order valence-corrected chi connectivity index (χ0v) is 10.4. The molecule has 0 aromatic carbocycles. The molecule has 3 N–H and O–H groups in total. The minimum Gasteiger partial charge on any atom is -0.478 e. The third-order valence-electron chi connectivity index (χ3n) is 1.63. The number of carboxylic acids is 1.